The van der Waals surface area contributed by atoms with E-state index in [9.17, 15) is 0 Å². The molecule has 0 bridgehead atoms. The summed E-state index contributed by atoms with van der Waals surface area (Å²) in [5, 5.41) is 0. The smallest absolute Gasteiger partial charge is 0.146 e. The van der Waals surface area contributed by atoms with Crippen molar-refractivity contribution < 1.29 is 4.74 Å². The molecule has 5 heteroatoms. The van der Waals surface area contributed by atoms with E-state index in [0.717, 1.165) is 21.5 Å². The first-order valence-electron chi connectivity index (χ1n) is 5.97. The molecule has 0 unspecified atom stereocenters. The van der Waals surface area contributed by atoms with Gasteiger partial charge in [0.15, 0.2) is 0 Å². The molecule has 0 aliphatic carbocycles. The Labute approximate surface area is 125 Å². The Hall–Kier alpha value is -1.04. The molecule has 3 nitrogen and oxygen atoms in total. The molecular weight excluding hydrogens is 324 g/mol. The fourth-order valence-corrected chi connectivity index (χ4v) is 2.90. The maximum Gasteiger partial charge on any atom is 0.146 e. The highest BCUT2D eigenvalue weighted by molar-refractivity contribution is 9.10. The molecule has 0 radical (unpaired) electrons. The topological polar surface area (TPSA) is 48.1 Å². The van der Waals surface area contributed by atoms with Crippen molar-refractivity contribution in [3.63, 3.8) is 0 Å². The largest absolute Gasteiger partial charge is 0.455 e. The molecule has 2 rings (SSSR count). The fourth-order valence-electron chi connectivity index (χ4n) is 1.71. The van der Waals surface area contributed by atoms with Crippen molar-refractivity contribution in [2.45, 2.75) is 18.4 Å². The van der Waals surface area contributed by atoms with E-state index in [1.807, 2.05) is 18.2 Å². The molecule has 0 amide bonds. The summed E-state index contributed by atoms with van der Waals surface area (Å²) in [6.45, 7) is 2.58. The molecule has 0 atom stereocenters. The van der Waals surface area contributed by atoms with Gasteiger partial charge in [-0.1, -0.05) is 13.0 Å². The van der Waals surface area contributed by atoms with Crippen molar-refractivity contribution in [2.24, 2.45) is 5.73 Å². The van der Waals surface area contributed by atoms with Gasteiger partial charge in [0.25, 0.3) is 0 Å². The molecule has 0 aliphatic rings. The standard InChI is InChI=1S/C14H15BrN2OS/c1-2-19-14-5-3-4-13(12(14)7-16)18-11-6-10(15)8-17-9-11/h3-6,8-9H,2,7,16H2,1H3. The van der Waals surface area contributed by atoms with Crippen LogP contribution in [0.1, 0.15) is 12.5 Å². The first kappa shape index (κ1) is 14.4. The summed E-state index contributed by atoms with van der Waals surface area (Å²) in [5.74, 6) is 2.50. The lowest BCUT2D eigenvalue weighted by Gasteiger charge is -2.13. The molecule has 0 saturated carbocycles. The summed E-state index contributed by atoms with van der Waals surface area (Å²) in [7, 11) is 0. The van der Waals surface area contributed by atoms with Crippen LogP contribution in [0.2, 0.25) is 0 Å². The number of nitrogens with zero attached hydrogens (tertiary/aromatic N) is 1. The van der Waals surface area contributed by atoms with Gasteiger partial charge >= 0.3 is 0 Å². The van der Waals surface area contributed by atoms with E-state index in [1.165, 1.54) is 4.90 Å². The van der Waals surface area contributed by atoms with Crippen molar-refractivity contribution in [2.75, 3.05) is 5.75 Å². The summed E-state index contributed by atoms with van der Waals surface area (Å²) in [6, 6.07) is 7.87. The van der Waals surface area contributed by atoms with Gasteiger partial charge in [-0.15, -0.1) is 11.8 Å². The number of aromatic nitrogens is 1. The van der Waals surface area contributed by atoms with E-state index < -0.39 is 0 Å². The minimum atomic E-state index is 0.458. The molecule has 0 spiro atoms. The van der Waals surface area contributed by atoms with E-state index in [1.54, 1.807) is 24.2 Å². The van der Waals surface area contributed by atoms with Gasteiger partial charge < -0.3 is 10.5 Å². The third-order valence-electron chi connectivity index (χ3n) is 2.50. The average Bonchev–Trinajstić information content (AvgIpc) is 2.39. The molecule has 0 saturated heterocycles. The number of hydrogen-bond acceptors (Lipinski definition) is 4. The first-order chi connectivity index (χ1) is 9.24. The Bertz CT molecular complexity index is 563. The van der Waals surface area contributed by atoms with Crippen LogP contribution in [0, 0.1) is 0 Å². The second-order valence-electron chi connectivity index (χ2n) is 3.81. The van der Waals surface area contributed by atoms with Gasteiger partial charge in [-0.3, -0.25) is 4.98 Å². The van der Waals surface area contributed by atoms with Crippen LogP contribution in [0.4, 0.5) is 0 Å². The average molecular weight is 339 g/mol. The molecule has 2 N–H and O–H groups in total. The summed E-state index contributed by atoms with van der Waals surface area (Å²) in [5.41, 5.74) is 6.88. The van der Waals surface area contributed by atoms with Gasteiger partial charge in [-0.2, -0.15) is 0 Å². The van der Waals surface area contributed by atoms with E-state index in [0.29, 0.717) is 12.3 Å². The van der Waals surface area contributed by atoms with Crippen LogP contribution in [0.25, 0.3) is 0 Å². The number of pyridine rings is 1. The predicted molar refractivity (Wildman–Crippen MR) is 82.7 cm³/mol. The lowest BCUT2D eigenvalue weighted by Crippen LogP contribution is -2.01. The predicted octanol–water partition coefficient (Wildman–Crippen LogP) is 4.21. The van der Waals surface area contributed by atoms with Crippen LogP contribution in [-0.2, 0) is 6.54 Å². The number of ether oxygens (including phenoxy) is 1. The minimum absolute atomic E-state index is 0.458. The highest BCUT2D eigenvalue weighted by Gasteiger charge is 2.09. The number of hydrogen-bond donors (Lipinski definition) is 1. The Morgan fingerprint density at radius 1 is 1.37 bits per heavy atom. The first-order valence-corrected chi connectivity index (χ1v) is 7.75. The fraction of sp³-hybridized carbons (Fsp3) is 0.214. The molecule has 1 aromatic carbocycles. The Morgan fingerprint density at radius 3 is 2.89 bits per heavy atom. The second-order valence-corrected chi connectivity index (χ2v) is 6.03. The third kappa shape index (κ3) is 3.72. The summed E-state index contributed by atoms with van der Waals surface area (Å²) < 4.78 is 6.77. The molecule has 1 heterocycles. The van der Waals surface area contributed by atoms with Crippen LogP contribution in [-0.4, -0.2) is 10.7 Å². The number of halogens is 1. The van der Waals surface area contributed by atoms with Crippen molar-refractivity contribution in [3.8, 4) is 11.5 Å². The summed E-state index contributed by atoms with van der Waals surface area (Å²) in [4.78, 5) is 5.26. The maximum atomic E-state index is 5.88. The van der Waals surface area contributed by atoms with Crippen LogP contribution < -0.4 is 10.5 Å². The van der Waals surface area contributed by atoms with Crippen LogP contribution in [0.15, 0.2) is 46.0 Å². The molecular formula is C14H15BrN2OS. The van der Waals surface area contributed by atoms with Crippen molar-refractivity contribution >= 4 is 27.7 Å². The normalized spacial score (nSPS) is 10.5. The van der Waals surface area contributed by atoms with Gasteiger partial charge in [0.2, 0.25) is 0 Å². The SMILES string of the molecule is CCSc1cccc(Oc2cncc(Br)c2)c1CN. The summed E-state index contributed by atoms with van der Waals surface area (Å²) in [6.07, 6.45) is 3.41. The second kappa shape index (κ2) is 6.93. The van der Waals surface area contributed by atoms with Gasteiger partial charge in [-0.25, -0.2) is 0 Å². The molecule has 100 valence electrons. The monoisotopic (exact) mass is 338 g/mol. The zero-order chi connectivity index (χ0) is 13.7. The maximum absolute atomic E-state index is 5.88. The number of nitrogens with two attached hydrogens (primary N) is 1. The quantitative estimate of drug-likeness (QED) is 0.829. The zero-order valence-electron chi connectivity index (χ0n) is 10.6. The van der Waals surface area contributed by atoms with Gasteiger partial charge in [-0.05, 0) is 39.9 Å². The van der Waals surface area contributed by atoms with Crippen LogP contribution in [0.5, 0.6) is 11.5 Å². The van der Waals surface area contributed by atoms with E-state index in [2.05, 4.69) is 33.9 Å². The number of rotatable bonds is 5. The third-order valence-corrected chi connectivity index (χ3v) is 3.92. The lowest BCUT2D eigenvalue weighted by molar-refractivity contribution is 0.471. The van der Waals surface area contributed by atoms with Crippen molar-refractivity contribution in [1.29, 1.82) is 0 Å². The van der Waals surface area contributed by atoms with Crippen LogP contribution >= 0.6 is 27.7 Å². The number of benzene rings is 1. The summed E-state index contributed by atoms with van der Waals surface area (Å²) >= 11 is 5.15. The van der Waals surface area contributed by atoms with E-state index >= 15 is 0 Å². The lowest BCUT2D eigenvalue weighted by atomic mass is 10.2. The Morgan fingerprint density at radius 2 is 2.21 bits per heavy atom. The molecule has 0 fully saturated rings. The molecule has 19 heavy (non-hydrogen) atoms. The van der Waals surface area contributed by atoms with Gasteiger partial charge in [0.1, 0.15) is 11.5 Å². The zero-order valence-corrected chi connectivity index (χ0v) is 13.0. The number of thioether (sulfide) groups is 1. The molecule has 0 aliphatic heterocycles. The van der Waals surface area contributed by atoms with Crippen molar-refractivity contribution in [3.05, 3.63) is 46.7 Å². The van der Waals surface area contributed by atoms with Gasteiger partial charge in [0, 0.05) is 27.7 Å². The molecule has 2 aromatic rings. The highest BCUT2D eigenvalue weighted by atomic mass is 79.9. The minimum Gasteiger partial charge on any atom is -0.455 e. The Kier molecular flexibility index (Phi) is 5.24. The van der Waals surface area contributed by atoms with Gasteiger partial charge in [0.05, 0.1) is 6.20 Å². The molecule has 1 aromatic heterocycles. The van der Waals surface area contributed by atoms with E-state index in [-0.39, 0.29) is 0 Å². The highest BCUT2D eigenvalue weighted by Crippen LogP contribution is 2.32. The van der Waals surface area contributed by atoms with Crippen LogP contribution in [0.3, 0.4) is 0 Å². The van der Waals surface area contributed by atoms with E-state index in [4.69, 9.17) is 10.5 Å². The van der Waals surface area contributed by atoms with Crippen molar-refractivity contribution in [1.82, 2.24) is 4.98 Å². The Balaban J connectivity index is 2.31.